The molecule has 0 rings (SSSR count). The SMILES string of the molecule is CCCCCCCCCCCCCCCCCC[N+](C)(C)C.CCOC(=O)O.CCOC(=O)[O-].N. The van der Waals surface area contributed by atoms with Gasteiger partial charge in [0.2, 0.25) is 0 Å². The summed E-state index contributed by atoms with van der Waals surface area (Å²) in [7, 11) is 6.89. The van der Waals surface area contributed by atoms with Gasteiger partial charge in [0.15, 0.2) is 0 Å². The van der Waals surface area contributed by atoms with E-state index in [1.807, 2.05) is 0 Å². The smallest absolute Gasteiger partial charge is 0.505 e. The molecule has 35 heavy (non-hydrogen) atoms. The van der Waals surface area contributed by atoms with Crippen LogP contribution >= 0.6 is 0 Å². The van der Waals surface area contributed by atoms with Crippen LogP contribution in [0.1, 0.15) is 124 Å². The van der Waals surface area contributed by atoms with Crippen LogP contribution in [0.25, 0.3) is 0 Å². The zero-order valence-electron chi connectivity index (χ0n) is 24.1. The Kier molecular flexibility index (Phi) is 37.7. The van der Waals surface area contributed by atoms with Crippen LogP contribution in [0.3, 0.4) is 0 Å². The molecule has 0 aliphatic carbocycles. The Labute approximate surface area is 216 Å². The van der Waals surface area contributed by atoms with Crippen molar-refractivity contribution in [1.29, 1.82) is 0 Å². The van der Waals surface area contributed by atoms with Gasteiger partial charge in [-0.2, -0.15) is 0 Å². The van der Waals surface area contributed by atoms with Crippen LogP contribution in [0.5, 0.6) is 0 Å². The highest BCUT2D eigenvalue weighted by Gasteiger charge is 2.04. The molecule has 0 aliphatic heterocycles. The molecule has 0 aromatic rings. The highest BCUT2D eigenvalue weighted by molar-refractivity contribution is 5.56. The lowest BCUT2D eigenvalue weighted by molar-refractivity contribution is -0.870. The number of carboxylic acid groups (broad SMARTS) is 2. The zero-order valence-corrected chi connectivity index (χ0v) is 24.1. The van der Waals surface area contributed by atoms with Gasteiger partial charge in [-0.3, -0.25) is 0 Å². The molecule has 0 aromatic heterocycles. The maximum Gasteiger partial charge on any atom is 0.505 e. The molecular formula is C27H60N2O6. The van der Waals surface area contributed by atoms with E-state index in [1.54, 1.807) is 13.8 Å². The third-order valence-corrected chi connectivity index (χ3v) is 5.21. The van der Waals surface area contributed by atoms with Gasteiger partial charge in [-0.05, 0) is 26.7 Å². The van der Waals surface area contributed by atoms with Gasteiger partial charge in [0.25, 0.3) is 6.16 Å². The molecule has 0 bridgehead atoms. The van der Waals surface area contributed by atoms with Crippen molar-refractivity contribution in [3.8, 4) is 0 Å². The lowest BCUT2D eigenvalue weighted by Gasteiger charge is -2.23. The fourth-order valence-electron chi connectivity index (χ4n) is 3.38. The normalized spacial score (nSPS) is 10.1. The second kappa shape index (κ2) is 32.5. The Morgan fingerprint density at radius 2 is 0.943 bits per heavy atom. The van der Waals surface area contributed by atoms with E-state index >= 15 is 0 Å². The molecular weight excluding hydrogens is 448 g/mol. The van der Waals surface area contributed by atoms with Crippen LogP contribution in [0.4, 0.5) is 9.59 Å². The van der Waals surface area contributed by atoms with E-state index in [9.17, 15) is 14.7 Å². The van der Waals surface area contributed by atoms with Gasteiger partial charge in [-0.25, -0.2) is 4.79 Å². The minimum Gasteiger partial charge on any atom is -0.550 e. The molecule has 0 aliphatic rings. The largest absolute Gasteiger partial charge is 0.550 e. The van der Waals surface area contributed by atoms with Crippen molar-refractivity contribution < 1.29 is 33.8 Å². The fraction of sp³-hybridized carbons (Fsp3) is 0.926. The first-order valence-corrected chi connectivity index (χ1v) is 13.6. The van der Waals surface area contributed by atoms with Gasteiger partial charge in [0, 0.05) is 6.61 Å². The summed E-state index contributed by atoms with van der Waals surface area (Å²) in [6.45, 7) is 7.23. The van der Waals surface area contributed by atoms with Crippen LogP contribution in [0.2, 0.25) is 0 Å². The topological polar surface area (TPSA) is 131 Å². The minimum absolute atomic E-state index is 0. The van der Waals surface area contributed by atoms with E-state index in [0.29, 0.717) is 0 Å². The molecule has 0 atom stereocenters. The first-order chi connectivity index (χ1) is 16.1. The van der Waals surface area contributed by atoms with Crippen molar-refractivity contribution in [2.24, 2.45) is 0 Å². The summed E-state index contributed by atoms with van der Waals surface area (Å²) in [5.74, 6) is 0. The van der Waals surface area contributed by atoms with Crippen LogP contribution in [0.15, 0.2) is 0 Å². The number of hydrogen-bond donors (Lipinski definition) is 2. The predicted molar refractivity (Wildman–Crippen MR) is 144 cm³/mol. The fourth-order valence-corrected chi connectivity index (χ4v) is 3.38. The molecule has 8 heteroatoms. The summed E-state index contributed by atoms with van der Waals surface area (Å²) < 4.78 is 8.93. The van der Waals surface area contributed by atoms with E-state index in [2.05, 4.69) is 37.5 Å². The average molecular weight is 509 g/mol. The maximum atomic E-state index is 9.38. The Morgan fingerprint density at radius 1 is 0.629 bits per heavy atom. The van der Waals surface area contributed by atoms with Gasteiger partial charge in [-0.15, -0.1) is 0 Å². The van der Waals surface area contributed by atoms with Crippen molar-refractivity contribution in [3.05, 3.63) is 0 Å². The number of unbranched alkanes of at least 4 members (excludes halogenated alkanes) is 15. The van der Waals surface area contributed by atoms with Gasteiger partial charge in [0.05, 0.1) is 34.3 Å². The number of nitrogens with zero attached hydrogens (tertiary/aromatic N) is 1. The van der Waals surface area contributed by atoms with Crippen molar-refractivity contribution in [1.82, 2.24) is 6.15 Å². The molecule has 214 valence electrons. The van der Waals surface area contributed by atoms with Crippen molar-refractivity contribution in [2.45, 2.75) is 124 Å². The molecule has 0 radical (unpaired) electrons. The zero-order chi connectivity index (χ0) is 26.5. The van der Waals surface area contributed by atoms with E-state index in [4.69, 9.17) is 5.11 Å². The van der Waals surface area contributed by atoms with E-state index in [-0.39, 0.29) is 19.4 Å². The molecule has 0 amide bonds. The average Bonchev–Trinajstić information content (AvgIpc) is 2.73. The maximum absolute atomic E-state index is 9.38. The van der Waals surface area contributed by atoms with E-state index < -0.39 is 12.3 Å². The Balaban J connectivity index is -0.000000304. The molecule has 0 saturated carbocycles. The number of ether oxygens (including phenoxy) is 2. The summed E-state index contributed by atoms with van der Waals surface area (Å²) >= 11 is 0. The third kappa shape index (κ3) is 54.7. The summed E-state index contributed by atoms with van der Waals surface area (Å²) in [5, 5.41) is 17.0. The molecule has 0 fully saturated rings. The Hall–Kier alpha value is -1.54. The summed E-state index contributed by atoms with van der Waals surface area (Å²) in [6.07, 6.45) is 20.7. The van der Waals surface area contributed by atoms with Crippen LogP contribution in [-0.4, -0.2) is 62.8 Å². The first kappa shape index (κ1) is 40.6. The number of carbonyl (C=O) groups excluding carboxylic acids is 1. The standard InChI is InChI=1S/C21H46N.2C3H6O3.H3N/c1-5-6-7-8-9-10-11-12-13-14-15-16-17-18-19-20-21-22(2,3)4;2*1-2-6-3(4)5;/h5-21H2,1-4H3;2*2H2,1H3,(H,4,5);1H3/q+1;;;/p-1. The van der Waals surface area contributed by atoms with Crippen molar-refractivity contribution in [2.75, 3.05) is 40.9 Å². The third-order valence-electron chi connectivity index (χ3n) is 5.21. The Morgan fingerprint density at radius 3 is 1.11 bits per heavy atom. The van der Waals surface area contributed by atoms with Crippen LogP contribution in [0, 0.1) is 0 Å². The molecule has 0 saturated heterocycles. The quantitative estimate of drug-likeness (QED) is 0.107. The van der Waals surface area contributed by atoms with Gasteiger partial charge in [-0.1, -0.05) is 96.8 Å². The first-order valence-electron chi connectivity index (χ1n) is 13.6. The van der Waals surface area contributed by atoms with Crippen LogP contribution in [-0.2, 0) is 9.47 Å². The molecule has 4 N–H and O–H groups in total. The Bertz CT molecular complexity index is 412. The lowest BCUT2D eigenvalue weighted by Crippen LogP contribution is -2.35. The number of rotatable bonds is 19. The molecule has 0 unspecified atom stereocenters. The second-order valence-electron chi connectivity index (χ2n) is 9.70. The summed E-state index contributed by atoms with van der Waals surface area (Å²) in [4.78, 5) is 18.6. The molecule has 0 aromatic carbocycles. The summed E-state index contributed by atoms with van der Waals surface area (Å²) in [6, 6.07) is 0. The van der Waals surface area contributed by atoms with Crippen LogP contribution < -0.4 is 11.3 Å². The monoisotopic (exact) mass is 508 g/mol. The van der Waals surface area contributed by atoms with Gasteiger partial charge in [0.1, 0.15) is 0 Å². The van der Waals surface area contributed by atoms with Crippen molar-refractivity contribution >= 4 is 12.3 Å². The van der Waals surface area contributed by atoms with E-state index in [0.717, 1.165) is 4.48 Å². The highest BCUT2D eigenvalue weighted by atomic mass is 16.7. The number of carbonyl (C=O) groups is 2. The molecule has 8 nitrogen and oxygen atoms in total. The van der Waals surface area contributed by atoms with E-state index in [1.165, 1.54) is 109 Å². The predicted octanol–water partition coefficient (Wildman–Crippen LogP) is 7.18. The molecule has 0 spiro atoms. The number of hydrogen-bond acceptors (Lipinski definition) is 6. The van der Waals surface area contributed by atoms with Crippen molar-refractivity contribution in [3.63, 3.8) is 0 Å². The minimum atomic E-state index is -1.46. The number of quaternary nitrogens is 1. The molecule has 0 heterocycles. The van der Waals surface area contributed by atoms with Gasteiger partial charge >= 0.3 is 6.16 Å². The van der Waals surface area contributed by atoms with Gasteiger partial charge < -0.3 is 35.1 Å². The second-order valence-corrected chi connectivity index (χ2v) is 9.70. The highest BCUT2D eigenvalue weighted by Crippen LogP contribution is 2.13. The summed E-state index contributed by atoms with van der Waals surface area (Å²) in [5.41, 5.74) is 0. The lowest BCUT2D eigenvalue weighted by atomic mass is 10.0.